The molecule has 3 rings (SSSR count). The van der Waals surface area contributed by atoms with E-state index in [1.807, 2.05) is 39.0 Å². The van der Waals surface area contributed by atoms with E-state index in [4.69, 9.17) is 0 Å². The van der Waals surface area contributed by atoms with Crippen LogP contribution in [0.5, 0.6) is 0 Å². The summed E-state index contributed by atoms with van der Waals surface area (Å²) in [6.45, 7) is 8.65. The monoisotopic (exact) mass is 425 g/mol. The van der Waals surface area contributed by atoms with Crippen molar-refractivity contribution in [3.8, 4) is 0 Å². The number of amides is 3. The van der Waals surface area contributed by atoms with Gasteiger partial charge in [0.2, 0.25) is 5.91 Å². The predicted octanol–water partition coefficient (Wildman–Crippen LogP) is 2.13. The van der Waals surface area contributed by atoms with Gasteiger partial charge in [0, 0.05) is 45.2 Å². The standard InChI is InChI=1S/C23H31N5O3/c1-16(2)14-25-21(29)8-9-24-22(30)19-13-20-23(31)27(10-5-11-28(20)26-19)15-18-7-4-6-17(3)12-18/h4,6-7,12-13,16H,5,8-11,14-15H2,1-3H3,(H,24,30)(H,25,29). The molecular formula is C23H31N5O3. The molecule has 2 aromatic rings. The molecule has 1 aromatic carbocycles. The number of rotatable bonds is 8. The Kier molecular flexibility index (Phi) is 7.44. The van der Waals surface area contributed by atoms with Gasteiger partial charge < -0.3 is 15.5 Å². The molecule has 0 aliphatic carbocycles. The average Bonchev–Trinajstić information content (AvgIpc) is 3.09. The number of carbonyl (C=O) groups excluding carboxylic acids is 3. The number of aromatic nitrogens is 2. The zero-order chi connectivity index (χ0) is 22.4. The molecule has 0 saturated heterocycles. The van der Waals surface area contributed by atoms with Crippen LogP contribution in [0.2, 0.25) is 0 Å². The van der Waals surface area contributed by atoms with Crippen LogP contribution in [-0.4, -0.2) is 52.0 Å². The SMILES string of the molecule is Cc1cccc(CN2CCCn3nc(C(=O)NCCC(=O)NCC(C)C)cc3C2=O)c1. The minimum absolute atomic E-state index is 0.100. The second-order valence-electron chi connectivity index (χ2n) is 8.41. The number of aryl methyl sites for hydroxylation is 2. The van der Waals surface area contributed by atoms with Crippen molar-refractivity contribution >= 4 is 17.7 Å². The maximum Gasteiger partial charge on any atom is 0.272 e. The lowest BCUT2D eigenvalue weighted by Gasteiger charge is -2.20. The molecule has 0 fully saturated rings. The molecule has 0 saturated carbocycles. The molecule has 0 spiro atoms. The van der Waals surface area contributed by atoms with Gasteiger partial charge >= 0.3 is 0 Å². The molecule has 31 heavy (non-hydrogen) atoms. The van der Waals surface area contributed by atoms with E-state index in [0.29, 0.717) is 37.8 Å². The van der Waals surface area contributed by atoms with Gasteiger partial charge in [-0.05, 0) is 24.8 Å². The Morgan fingerprint density at radius 3 is 2.71 bits per heavy atom. The van der Waals surface area contributed by atoms with Crippen molar-refractivity contribution in [3.63, 3.8) is 0 Å². The molecule has 0 bridgehead atoms. The summed E-state index contributed by atoms with van der Waals surface area (Å²) in [6, 6.07) is 9.65. The normalized spacial score (nSPS) is 13.7. The first-order valence-corrected chi connectivity index (χ1v) is 10.8. The van der Waals surface area contributed by atoms with E-state index in [9.17, 15) is 14.4 Å². The number of nitrogens with one attached hydrogen (secondary N) is 2. The summed E-state index contributed by atoms with van der Waals surface area (Å²) in [4.78, 5) is 39.1. The fourth-order valence-corrected chi connectivity index (χ4v) is 3.51. The van der Waals surface area contributed by atoms with Gasteiger partial charge in [-0.2, -0.15) is 5.10 Å². The van der Waals surface area contributed by atoms with E-state index in [1.54, 1.807) is 15.6 Å². The van der Waals surface area contributed by atoms with Gasteiger partial charge in [0.15, 0.2) is 5.69 Å². The largest absolute Gasteiger partial charge is 0.356 e. The van der Waals surface area contributed by atoms with Gasteiger partial charge in [-0.1, -0.05) is 43.7 Å². The van der Waals surface area contributed by atoms with Crippen molar-refractivity contribution in [1.29, 1.82) is 0 Å². The summed E-state index contributed by atoms with van der Waals surface area (Å²) in [5.74, 6) is -0.229. The van der Waals surface area contributed by atoms with Crippen LogP contribution < -0.4 is 10.6 Å². The maximum absolute atomic E-state index is 13.1. The minimum Gasteiger partial charge on any atom is -0.356 e. The molecule has 0 radical (unpaired) electrons. The highest BCUT2D eigenvalue weighted by Crippen LogP contribution is 2.17. The summed E-state index contributed by atoms with van der Waals surface area (Å²) in [5, 5.41) is 9.86. The summed E-state index contributed by atoms with van der Waals surface area (Å²) in [6.07, 6.45) is 0.971. The van der Waals surface area contributed by atoms with E-state index in [2.05, 4.69) is 21.8 Å². The van der Waals surface area contributed by atoms with E-state index in [0.717, 1.165) is 17.5 Å². The van der Waals surface area contributed by atoms with Crippen molar-refractivity contribution in [2.75, 3.05) is 19.6 Å². The summed E-state index contributed by atoms with van der Waals surface area (Å²) >= 11 is 0. The lowest BCUT2D eigenvalue weighted by Crippen LogP contribution is -2.32. The van der Waals surface area contributed by atoms with Crippen LogP contribution in [0.3, 0.4) is 0 Å². The van der Waals surface area contributed by atoms with Crippen molar-refractivity contribution < 1.29 is 14.4 Å². The fraction of sp³-hybridized carbons (Fsp3) is 0.478. The molecule has 0 unspecified atom stereocenters. The van der Waals surface area contributed by atoms with Gasteiger partial charge in [-0.15, -0.1) is 0 Å². The Balaban J connectivity index is 1.60. The molecule has 1 aromatic heterocycles. The highest BCUT2D eigenvalue weighted by Gasteiger charge is 2.26. The summed E-state index contributed by atoms with van der Waals surface area (Å²) in [7, 11) is 0. The van der Waals surface area contributed by atoms with E-state index >= 15 is 0 Å². The van der Waals surface area contributed by atoms with E-state index < -0.39 is 0 Å². The zero-order valence-corrected chi connectivity index (χ0v) is 18.5. The molecule has 3 amide bonds. The van der Waals surface area contributed by atoms with Crippen molar-refractivity contribution in [3.05, 3.63) is 52.8 Å². The second-order valence-corrected chi connectivity index (χ2v) is 8.41. The van der Waals surface area contributed by atoms with Crippen LogP contribution >= 0.6 is 0 Å². The lowest BCUT2D eigenvalue weighted by molar-refractivity contribution is -0.121. The third-order valence-corrected chi connectivity index (χ3v) is 5.12. The first-order chi connectivity index (χ1) is 14.8. The van der Waals surface area contributed by atoms with Gasteiger partial charge in [-0.25, -0.2) is 0 Å². The highest BCUT2D eigenvalue weighted by atomic mass is 16.2. The minimum atomic E-state index is -0.379. The third kappa shape index (κ3) is 6.16. The lowest BCUT2D eigenvalue weighted by atomic mass is 10.1. The molecule has 0 atom stereocenters. The van der Waals surface area contributed by atoms with Crippen LogP contribution in [0.1, 0.15) is 58.8 Å². The molecule has 8 nitrogen and oxygen atoms in total. The quantitative estimate of drug-likeness (QED) is 0.677. The van der Waals surface area contributed by atoms with Crippen LogP contribution in [-0.2, 0) is 17.9 Å². The van der Waals surface area contributed by atoms with Crippen molar-refractivity contribution in [1.82, 2.24) is 25.3 Å². The molecular weight excluding hydrogens is 394 g/mol. The Morgan fingerprint density at radius 2 is 1.97 bits per heavy atom. The second kappa shape index (κ2) is 10.2. The first-order valence-electron chi connectivity index (χ1n) is 10.8. The maximum atomic E-state index is 13.1. The van der Waals surface area contributed by atoms with Crippen LogP contribution in [0.15, 0.2) is 30.3 Å². The molecule has 8 heteroatoms. The Morgan fingerprint density at radius 1 is 1.16 bits per heavy atom. The third-order valence-electron chi connectivity index (χ3n) is 5.12. The van der Waals surface area contributed by atoms with Crippen LogP contribution in [0.4, 0.5) is 0 Å². The molecule has 2 N–H and O–H groups in total. The Bertz CT molecular complexity index is 950. The fourth-order valence-electron chi connectivity index (χ4n) is 3.51. The number of nitrogens with zero attached hydrogens (tertiary/aromatic N) is 3. The van der Waals surface area contributed by atoms with Crippen LogP contribution in [0, 0.1) is 12.8 Å². The molecule has 2 heterocycles. The van der Waals surface area contributed by atoms with E-state index in [-0.39, 0.29) is 36.4 Å². The number of hydrogen-bond donors (Lipinski definition) is 2. The van der Waals surface area contributed by atoms with Gasteiger partial charge in [0.05, 0.1) is 0 Å². The molecule has 1 aliphatic heterocycles. The Hall–Kier alpha value is -3.16. The smallest absolute Gasteiger partial charge is 0.272 e. The number of hydrogen-bond acceptors (Lipinski definition) is 4. The molecule has 166 valence electrons. The van der Waals surface area contributed by atoms with Crippen LogP contribution in [0.25, 0.3) is 0 Å². The topological polar surface area (TPSA) is 96.3 Å². The number of fused-ring (bicyclic) bond motifs is 1. The van der Waals surface area contributed by atoms with E-state index in [1.165, 1.54) is 0 Å². The van der Waals surface area contributed by atoms with Gasteiger partial charge in [0.1, 0.15) is 5.69 Å². The Labute approximate surface area is 183 Å². The predicted molar refractivity (Wildman–Crippen MR) is 118 cm³/mol. The number of benzene rings is 1. The summed E-state index contributed by atoms with van der Waals surface area (Å²) in [5.41, 5.74) is 2.85. The summed E-state index contributed by atoms with van der Waals surface area (Å²) < 4.78 is 1.61. The highest BCUT2D eigenvalue weighted by molar-refractivity contribution is 5.98. The number of carbonyl (C=O) groups is 3. The van der Waals surface area contributed by atoms with Gasteiger partial charge in [-0.3, -0.25) is 19.1 Å². The average molecular weight is 426 g/mol. The first kappa shape index (κ1) is 22.5. The van der Waals surface area contributed by atoms with Crippen molar-refractivity contribution in [2.24, 2.45) is 5.92 Å². The molecule has 1 aliphatic rings. The zero-order valence-electron chi connectivity index (χ0n) is 18.5. The van der Waals surface area contributed by atoms with Gasteiger partial charge in [0.25, 0.3) is 11.8 Å². The van der Waals surface area contributed by atoms with Crippen molar-refractivity contribution in [2.45, 2.75) is 46.7 Å².